The SMILES string of the molecule is CC[C@H](C)[C@@H]([C@@H](CC(=O)N1CCC[C@H]1[C@H](OC)[C@@H](C)C(=O)C[C@@H](Cc1ccccc1)C(=O)O)OC)N(C)C(=O)[C@@H](CC(=O)[C@H](C(C)C)N(C)C(=O)CCC(=O)N(CCN1C(=O)C=C(SC)C1=O)CCN1C(=O)CC(SC)C1=O)C(C)C. The minimum Gasteiger partial charge on any atom is -0.481 e. The topological polar surface area (TPSA) is 246 Å². The Hall–Kier alpha value is -5.45. The predicted molar refractivity (Wildman–Crippen MR) is 309 cm³/mol. The van der Waals surface area contributed by atoms with Crippen LogP contribution in [0.5, 0.6) is 0 Å². The second-order valence-electron chi connectivity index (χ2n) is 22.4. The average Bonchev–Trinajstić information content (AvgIpc) is 4.18. The lowest BCUT2D eigenvalue weighted by Gasteiger charge is -2.41. The van der Waals surface area contributed by atoms with E-state index in [1.54, 1.807) is 50.1 Å². The Morgan fingerprint density at radius 3 is 1.95 bits per heavy atom. The van der Waals surface area contributed by atoms with Gasteiger partial charge in [-0.3, -0.25) is 62.5 Å². The molecule has 2 saturated heterocycles. The van der Waals surface area contributed by atoms with Crippen LogP contribution in [0.1, 0.15) is 112 Å². The lowest BCUT2D eigenvalue weighted by molar-refractivity contribution is -0.150. The van der Waals surface area contributed by atoms with Crippen molar-refractivity contribution in [3.63, 3.8) is 0 Å². The maximum absolute atomic E-state index is 14.9. The number of thioether (sulfide) groups is 2. The molecule has 10 atom stereocenters. The summed E-state index contributed by atoms with van der Waals surface area (Å²) in [7, 11) is 6.12. The van der Waals surface area contributed by atoms with Gasteiger partial charge in [0, 0.05) is 111 Å². The van der Waals surface area contributed by atoms with E-state index in [4.69, 9.17) is 9.47 Å². The standard InChI is InChI=1S/C59H88N6O14S2/c1-14-37(6)54(45(78-10)32-50(70)63-24-18-21-42(63)55(79-11)38(7)43(66)30-40(59(76)77)29-39-19-16-15-17-20-39)61(9)56(73)41(35(2)3)31-44(67)53(36(4)5)60(8)48(68)22-23-49(69)62(25-27-64-51(71)33-46(80-12)57(64)74)26-28-65-52(72)34-47(81-13)58(65)75/h15-17,19-20,33,35-38,40-42,45,47,53-55H,14,18,21-32,34H2,1-13H3,(H,76,77)/t37-,38-,40+,41-,42-,45+,47?,53-,54-,55+/m0/s1. The van der Waals surface area contributed by atoms with Crippen molar-refractivity contribution in [3.05, 3.63) is 46.9 Å². The second-order valence-corrected chi connectivity index (χ2v) is 24.3. The zero-order valence-electron chi connectivity index (χ0n) is 49.8. The van der Waals surface area contributed by atoms with Crippen LogP contribution in [0, 0.1) is 35.5 Å². The van der Waals surface area contributed by atoms with Gasteiger partial charge in [-0.25, -0.2) is 0 Å². The van der Waals surface area contributed by atoms with Crippen molar-refractivity contribution in [2.75, 3.05) is 73.6 Å². The van der Waals surface area contributed by atoms with Gasteiger partial charge in [-0.1, -0.05) is 85.2 Å². The summed E-state index contributed by atoms with van der Waals surface area (Å²) in [6.07, 6.45) is 4.06. The van der Waals surface area contributed by atoms with Gasteiger partial charge in [-0.2, -0.15) is 11.8 Å². The van der Waals surface area contributed by atoms with E-state index >= 15 is 0 Å². The van der Waals surface area contributed by atoms with E-state index in [2.05, 4.69) is 0 Å². The third-order valence-electron chi connectivity index (χ3n) is 16.6. The number of aliphatic carboxylic acids is 1. The van der Waals surface area contributed by atoms with Crippen LogP contribution in [0.25, 0.3) is 0 Å². The Kier molecular flexibility index (Phi) is 26.7. The van der Waals surface area contributed by atoms with Crippen molar-refractivity contribution < 1.29 is 67.3 Å². The first-order chi connectivity index (χ1) is 38.3. The molecule has 1 aromatic rings. The van der Waals surface area contributed by atoms with E-state index < -0.39 is 88.9 Å². The molecule has 2 fully saturated rings. The summed E-state index contributed by atoms with van der Waals surface area (Å²) in [5.41, 5.74) is 0.808. The number of hydrogen-bond donors (Lipinski definition) is 1. The third-order valence-corrected chi connectivity index (χ3v) is 18.2. The second kappa shape index (κ2) is 31.8. The van der Waals surface area contributed by atoms with Crippen molar-refractivity contribution in [1.29, 1.82) is 0 Å². The highest BCUT2D eigenvalue weighted by atomic mass is 32.2. The number of carboxylic acid groups (broad SMARTS) is 1. The number of likely N-dealkylation sites (tertiary alicyclic amines) is 2. The van der Waals surface area contributed by atoms with E-state index in [9.17, 15) is 57.8 Å². The largest absolute Gasteiger partial charge is 0.481 e. The number of carbonyl (C=O) groups excluding carboxylic acids is 10. The van der Waals surface area contributed by atoms with Gasteiger partial charge in [-0.05, 0) is 55.1 Å². The highest BCUT2D eigenvalue weighted by Crippen LogP contribution is 2.33. The van der Waals surface area contributed by atoms with Crippen molar-refractivity contribution in [3.8, 4) is 0 Å². The van der Waals surface area contributed by atoms with Crippen molar-refractivity contribution in [2.45, 2.75) is 148 Å². The molecule has 0 aromatic heterocycles. The molecule has 0 spiro atoms. The first-order valence-electron chi connectivity index (χ1n) is 28.2. The van der Waals surface area contributed by atoms with Crippen LogP contribution in [-0.2, 0) is 68.6 Å². The van der Waals surface area contributed by atoms with Gasteiger partial charge in [-0.15, -0.1) is 11.8 Å². The lowest BCUT2D eigenvalue weighted by atomic mass is 9.83. The van der Waals surface area contributed by atoms with Crippen molar-refractivity contribution in [1.82, 2.24) is 29.4 Å². The van der Waals surface area contributed by atoms with Gasteiger partial charge in [0.1, 0.15) is 5.78 Å². The normalized spacial score (nSPS) is 19.5. The summed E-state index contributed by atoms with van der Waals surface area (Å²) in [6, 6.07) is 7.07. The van der Waals surface area contributed by atoms with E-state index in [1.807, 2.05) is 58.0 Å². The smallest absolute Gasteiger partial charge is 0.307 e. The molecule has 0 bridgehead atoms. The monoisotopic (exact) mass is 1170 g/mol. The van der Waals surface area contributed by atoms with Crippen LogP contribution in [0.2, 0.25) is 0 Å². The predicted octanol–water partition coefficient (Wildman–Crippen LogP) is 5.24. The molecular formula is C59H88N6O14S2. The van der Waals surface area contributed by atoms with Crippen molar-refractivity contribution in [2.24, 2.45) is 35.5 Å². The highest BCUT2D eigenvalue weighted by molar-refractivity contribution is 8.03. The van der Waals surface area contributed by atoms with Crippen LogP contribution in [0.15, 0.2) is 41.3 Å². The summed E-state index contributed by atoms with van der Waals surface area (Å²) in [4.78, 5) is 157. The third kappa shape index (κ3) is 17.5. The molecule has 0 saturated carbocycles. The molecule has 0 radical (unpaired) electrons. The Balaban J connectivity index is 1.46. The quantitative estimate of drug-likeness (QED) is 0.0868. The number of amides is 8. The molecule has 8 amide bonds. The number of carboxylic acids is 1. The molecule has 0 aliphatic carbocycles. The maximum atomic E-state index is 14.9. The summed E-state index contributed by atoms with van der Waals surface area (Å²) < 4.78 is 12.0. The molecule has 3 aliphatic rings. The van der Waals surface area contributed by atoms with Crippen LogP contribution in [0.3, 0.4) is 0 Å². The van der Waals surface area contributed by atoms with E-state index in [0.29, 0.717) is 25.8 Å². The van der Waals surface area contributed by atoms with Gasteiger partial charge in [0.25, 0.3) is 11.8 Å². The van der Waals surface area contributed by atoms with Crippen LogP contribution in [-0.4, -0.2) is 208 Å². The number of nitrogens with zero attached hydrogens (tertiary/aromatic N) is 6. The number of likely N-dealkylation sites (N-methyl/N-ethyl adjacent to an activating group) is 2. The molecule has 1 unspecified atom stereocenters. The molecule has 3 aliphatic heterocycles. The Labute approximate surface area is 487 Å². The van der Waals surface area contributed by atoms with Gasteiger partial charge in [0.2, 0.25) is 35.4 Å². The fourth-order valence-corrected chi connectivity index (χ4v) is 12.7. The summed E-state index contributed by atoms with van der Waals surface area (Å²) >= 11 is 2.38. The van der Waals surface area contributed by atoms with Crippen molar-refractivity contribution >= 4 is 88.3 Å². The molecular weight excluding hydrogens is 1080 g/mol. The number of benzene rings is 1. The minimum atomic E-state index is -1.07. The Morgan fingerprint density at radius 2 is 1.42 bits per heavy atom. The van der Waals surface area contributed by atoms with E-state index in [0.717, 1.165) is 27.1 Å². The number of methoxy groups -OCH3 is 2. The summed E-state index contributed by atoms with van der Waals surface area (Å²) in [5, 5.41) is 9.52. The number of imide groups is 2. The molecule has 20 nitrogen and oxygen atoms in total. The maximum Gasteiger partial charge on any atom is 0.307 e. The first-order valence-corrected chi connectivity index (χ1v) is 30.8. The molecule has 1 N–H and O–H groups in total. The highest BCUT2D eigenvalue weighted by Gasteiger charge is 2.45. The summed E-state index contributed by atoms with van der Waals surface area (Å²) in [5.74, 6) is -8.49. The molecule has 81 heavy (non-hydrogen) atoms. The Bertz CT molecular complexity index is 2450. The number of rotatable bonds is 34. The Morgan fingerprint density at radius 1 is 0.790 bits per heavy atom. The zero-order chi connectivity index (χ0) is 60.6. The first kappa shape index (κ1) is 68.1. The number of ketones is 2. The molecule has 450 valence electrons. The number of hydrogen-bond acceptors (Lipinski definition) is 15. The van der Waals surface area contributed by atoms with Gasteiger partial charge < -0.3 is 34.2 Å². The van der Waals surface area contributed by atoms with Gasteiger partial charge in [0.05, 0.1) is 52.8 Å². The van der Waals surface area contributed by atoms with E-state index in [1.165, 1.54) is 48.9 Å². The molecule has 3 heterocycles. The summed E-state index contributed by atoms with van der Waals surface area (Å²) in [6.45, 7) is 12.9. The van der Waals surface area contributed by atoms with Crippen LogP contribution in [0.4, 0.5) is 0 Å². The van der Waals surface area contributed by atoms with Crippen LogP contribution >= 0.6 is 23.5 Å². The molecule has 22 heteroatoms. The van der Waals surface area contributed by atoms with Crippen LogP contribution < -0.4 is 0 Å². The number of Topliss-reactive ketones (excluding diaryl/α,β-unsaturated/α-hetero) is 2. The fraction of sp³-hybridized carbons (Fsp3) is 0.678. The van der Waals surface area contributed by atoms with Gasteiger partial charge >= 0.3 is 5.97 Å². The van der Waals surface area contributed by atoms with E-state index in [-0.39, 0.29) is 123 Å². The molecule has 4 rings (SSSR count). The lowest BCUT2D eigenvalue weighted by Crippen LogP contribution is -2.54. The average molecular weight is 1170 g/mol. The minimum absolute atomic E-state index is 0.0314. The fourth-order valence-electron chi connectivity index (χ4n) is 11.6. The number of ether oxygens (including phenoxy) is 2. The molecule has 1 aromatic carbocycles. The van der Waals surface area contributed by atoms with Gasteiger partial charge in [0.15, 0.2) is 5.78 Å². The number of carbonyl (C=O) groups is 11. The zero-order valence-corrected chi connectivity index (χ0v) is 51.4.